The Labute approximate surface area is 150 Å². The van der Waals surface area contributed by atoms with Crippen molar-refractivity contribution >= 4 is 44.5 Å². The molecule has 0 saturated carbocycles. The number of methoxy groups -OCH3 is 2. The molecule has 0 amide bonds. The lowest BCUT2D eigenvalue weighted by Gasteiger charge is -2.07. The number of thiazole rings is 1. The van der Waals surface area contributed by atoms with E-state index >= 15 is 0 Å². The van der Waals surface area contributed by atoms with E-state index in [0.29, 0.717) is 0 Å². The summed E-state index contributed by atoms with van der Waals surface area (Å²) in [6.45, 7) is 0. The third-order valence-electron chi connectivity index (χ3n) is 4.13. The van der Waals surface area contributed by atoms with E-state index in [0.717, 1.165) is 27.6 Å². The van der Waals surface area contributed by atoms with Crippen LogP contribution in [0.2, 0.25) is 0 Å². The number of aromatic nitrogens is 1. The van der Waals surface area contributed by atoms with E-state index in [1.165, 1.54) is 15.5 Å². The molecule has 0 aliphatic carbocycles. The third kappa shape index (κ3) is 2.96. The van der Waals surface area contributed by atoms with Crippen LogP contribution in [0.1, 0.15) is 10.6 Å². The summed E-state index contributed by atoms with van der Waals surface area (Å²) in [5, 5.41) is 3.40. The van der Waals surface area contributed by atoms with Crippen molar-refractivity contribution in [1.82, 2.24) is 4.98 Å². The quantitative estimate of drug-likeness (QED) is 0.479. The summed E-state index contributed by atoms with van der Waals surface area (Å²) < 4.78 is 11.8. The Morgan fingerprint density at radius 2 is 1.72 bits per heavy atom. The molecule has 0 atom stereocenters. The van der Waals surface area contributed by atoms with E-state index in [1.54, 1.807) is 25.6 Å². The Bertz CT molecular complexity index is 1080. The fourth-order valence-electron chi connectivity index (χ4n) is 2.87. The molecular formula is C21H17NO2S. The molecule has 0 saturated heterocycles. The van der Waals surface area contributed by atoms with Crippen LogP contribution in [0.4, 0.5) is 0 Å². The van der Waals surface area contributed by atoms with Crippen molar-refractivity contribution in [3.05, 3.63) is 65.2 Å². The molecule has 4 rings (SSSR count). The van der Waals surface area contributed by atoms with E-state index in [4.69, 9.17) is 14.5 Å². The highest BCUT2D eigenvalue weighted by molar-refractivity contribution is 7.19. The summed E-state index contributed by atoms with van der Waals surface area (Å²) in [6.07, 6.45) is 4.09. The lowest BCUT2D eigenvalue weighted by molar-refractivity contribution is 0.355. The second-order valence-corrected chi connectivity index (χ2v) is 6.70. The number of rotatable bonds is 4. The van der Waals surface area contributed by atoms with Gasteiger partial charge in [-0.2, -0.15) is 0 Å². The van der Waals surface area contributed by atoms with Crippen LogP contribution in [0.15, 0.2) is 54.6 Å². The topological polar surface area (TPSA) is 31.4 Å². The molecule has 0 aliphatic rings. The van der Waals surface area contributed by atoms with E-state index in [1.807, 2.05) is 30.4 Å². The van der Waals surface area contributed by atoms with Crippen LogP contribution in [0.5, 0.6) is 11.5 Å². The Balaban J connectivity index is 1.71. The molecule has 1 heterocycles. The Kier molecular flexibility index (Phi) is 4.12. The van der Waals surface area contributed by atoms with E-state index in [9.17, 15) is 0 Å². The van der Waals surface area contributed by atoms with Crippen LogP contribution in [0, 0.1) is 0 Å². The molecule has 0 aliphatic heterocycles. The molecular weight excluding hydrogens is 330 g/mol. The molecule has 0 N–H and O–H groups in total. The number of nitrogens with zero attached hydrogens (tertiary/aromatic N) is 1. The number of ether oxygens (including phenoxy) is 2. The van der Waals surface area contributed by atoms with Crippen molar-refractivity contribution in [3.63, 3.8) is 0 Å². The smallest absolute Gasteiger partial charge is 0.161 e. The highest BCUT2D eigenvalue weighted by atomic mass is 32.1. The molecule has 124 valence electrons. The van der Waals surface area contributed by atoms with Gasteiger partial charge in [0.25, 0.3) is 0 Å². The van der Waals surface area contributed by atoms with Crippen LogP contribution in [-0.4, -0.2) is 19.2 Å². The molecule has 0 radical (unpaired) electrons. The SMILES string of the molecule is COc1ccc(/C=C/c2nc3c(ccc4ccccc43)s2)cc1OC. The van der Waals surface area contributed by atoms with Gasteiger partial charge in [-0.25, -0.2) is 4.98 Å². The van der Waals surface area contributed by atoms with Gasteiger partial charge in [0.1, 0.15) is 5.01 Å². The van der Waals surface area contributed by atoms with Gasteiger partial charge in [-0.15, -0.1) is 11.3 Å². The summed E-state index contributed by atoms with van der Waals surface area (Å²) in [7, 11) is 3.28. The second-order valence-electron chi connectivity index (χ2n) is 5.63. The summed E-state index contributed by atoms with van der Waals surface area (Å²) in [4.78, 5) is 4.81. The maximum absolute atomic E-state index is 5.35. The number of fused-ring (bicyclic) bond motifs is 3. The molecule has 0 fully saturated rings. The van der Waals surface area contributed by atoms with Crippen molar-refractivity contribution in [1.29, 1.82) is 0 Å². The summed E-state index contributed by atoms with van der Waals surface area (Å²) in [6, 6.07) is 18.5. The molecule has 0 spiro atoms. The third-order valence-corrected chi connectivity index (χ3v) is 5.11. The van der Waals surface area contributed by atoms with Crippen molar-refractivity contribution in [2.24, 2.45) is 0 Å². The summed E-state index contributed by atoms with van der Waals surface area (Å²) in [5.41, 5.74) is 2.11. The van der Waals surface area contributed by atoms with Gasteiger partial charge in [-0.1, -0.05) is 42.5 Å². The van der Waals surface area contributed by atoms with Gasteiger partial charge in [0.2, 0.25) is 0 Å². The minimum Gasteiger partial charge on any atom is -0.493 e. The molecule has 0 unspecified atom stereocenters. The van der Waals surface area contributed by atoms with E-state index in [-0.39, 0.29) is 0 Å². The normalized spacial score (nSPS) is 11.4. The summed E-state index contributed by atoms with van der Waals surface area (Å²) in [5.74, 6) is 1.45. The van der Waals surface area contributed by atoms with Gasteiger partial charge < -0.3 is 9.47 Å². The Morgan fingerprint density at radius 3 is 2.56 bits per heavy atom. The lowest BCUT2D eigenvalue weighted by atomic mass is 10.1. The highest BCUT2D eigenvalue weighted by Crippen LogP contribution is 2.31. The maximum Gasteiger partial charge on any atom is 0.161 e. The molecule has 4 aromatic rings. The van der Waals surface area contributed by atoms with Gasteiger partial charge in [0.15, 0.2) is 11.5 Å². The predicted octanol–water partition coefficient (Wildman–Crippen LogP) is 5.64. The van der Waals surface area contributed by atoms with E-state index in [2.05, 4.69) is 36.4 Å². The van der Waals surface area contributed by atoms with Gasteiger partial charge in [0.05, 0.1) is 24.4 Å². The molecule has 3 nitrogen and oxygen atoms in total. The van der Waals surface area contributed by atoms with Crippen LogP contribution in [0.3, 0.4) is 0 Å². The van der Waals surface area contributed by atoms with Crippen LogP contribution >= 0.6 is 11.3 Å². The first-order valence-corrected chi connectivity index (χ1v) is 8.78. The Morgan fingerprint density at radius 1 is 0.880 bits per heavy atom. The molecule has 4 heteroatoms. The average molecular weight is 347 g/mol. The van der Waals surface area contributed by atoms with Crippen LogP contribution in [0.25, 0.3) is 33.1 Å². The van der Waals surface area contributed by atoms with Crippen molar-refractivity contribution in [3.8, 4) is 11.5 Å². The fourth-order valence-corrected chi connectivity index (χ4v) is 3.76. The van der Waals surface area contributed by atoms with Gasteiger partial charge in [-0.05, 0) is 35.2 Å². The highest BCUT2D eigenvalue weighted by Gasteiger charge is 2.06. The number of benzene rings is 3. The van der Waals surface area contributed by atoms with Gasteiger partial charge in [-0.3, -0.25) is 0 Å². The zero-order valence-corrected chi connectivity index (χ0v) is 14.8. The largest absolute Gasteiger partial charge is 0.493 e. The maximum atomic E-state index is 5.35. The van der Waals surface area contributed by atoms with Gasteiger partial charge in [0, 0.05) is 5.39 Å². The first kappa shape index (κ1) is 15.7. The lowest BCUT2D eigenvalue weighted by Crippen LogP contribution is -1.90. The van der Waals surface area contributed by atoms with Crippen molar-refractivity contribution in [2.75, 3.05) is 14.2 Å². The molecule has 3 aromatic carbocycles. The van der Waals surface area contributed by atoms with Gasteiger partial charge >= 0.3 is 0 Å². The zero-order valence-electron chi connectivity index (χ0n) is 14.0. The minimum atomic E-state index is 0.722. The second kappa shape index (κ2) is 6.57. The first-order chi connectivity index (χ1) is 12.3. The number of hydrogen-bond acceptors (Lipinski definition) is 4. The zero-order chi connectivity index (χ0) is 17.2. The van der Waals surface area contributed by atoms with Crippen molar-refractivity contribution < 1.29 is 9.47 Å². The number of hydrogen-bond donors (Lipinski definition) is 0. The molecule has 25 heavy (non-hydrogen) atoms. The standard InChI is InChI=1S/C21H17NO2S/c1-23-17-10-7-14(13-18(17)24-2)8-12-20-22-21-16-6-4-3-5-15(16)9-11-19(21)25-20/h3-13H,1-2H3/b12-8+. The summed E-state index contributed by atoms with van der Waals surface area (Å²) >= 11 is 1.70. The minimum absolute atomic E-state index is 0.722. The first-order valence-electron chi connectivity index (χ1n) is 7.97. The fraction of sp³-hybridized carbons (Fsp3) is 0.0952. The average Bonchev–Trinajstić information content (AvgIpc) is 3.09. The Hall–Kier alpha value is -2.85. The van der Waals surface area contributed by atoms with Crippen molar-refractivity contribution in [2.45, 2.75) is 0 Å². The van der Waals surface area contributed by atoms with Crippen LogP contribution < -0.4 is 9.47 Å². The monoisotopic (exact) mass is 347 g/mol. The van der Waals surface area contributed by atoms with Crippen LogP contribution in [-0.2, 0) is 0 Å². The predicted molar refractivity (Wildman–Crippen MR) is 106 cm³/mol. The van der Waals surface area contributed by atoms with E-state index < -0.39 is 0 Å². The molecule has 1 aromatic heterocycles. The molecule has 0 bridgehead atoms.